The lowest BCUT2D eigenvalue weighted by atomic mass is 9.91. The Morgan fingerprint density at radius 2 is 2.14 bits per heavy atom. The van der Waals surface area contributed by atoms with E-state index in [4.69, 9.17) is 23.2 Å². The highest BCUT2D eigenvalue weighted by atomic mass is 35.5. The highest BCUT2D eigenvalue weighted by Crippen LogP contribution is 2.31. The molecule has 0 bridgehead atoms. The van der Waals surface area contributed by atoms with Gasteiger partial charge < -0.3 is 9.88 Å². The Balaban J connectivity index is 1.84. The Morgan fingerprint density at radius 3 is 2.90 bits per heavy atom. The van der Waals surface area contributed by atoms with Gasteiger partial charge in [0, 0.05) is 35.0 Å². The van der Waals surface area contributed by atoms with Gasteiger partial charge in [-0.15, -0.1) is 0 Å². The number of hydrogen-bond donors (Lipinski definition) is 1. The van der Waals surface area contributed by atoms with Crippen LogP contribution in [0.2, 0.25) is 10.0 Å². The zero-order valence-electron chi connectivity index (χ0n) is 12.2. The first-order chi connectivity index (χ1) is 10.2. The lowest BCUT2D eigenvalue weighted by Gasteiger charge is -2.22. The minimum Gasteiger partial charge on any atom is -0.349 e. The van der Waals surface area contributed by atoms with Crippen molar-refractivity contribution in [3.8, 4) is 0 Å². The molecule has 1 aromatic carbocycles. The topological polar surface area (TPSA) is 17.0 Å². The van der Waals surface area contributed by atoms with Crippen LogP contribution in [0.3, 0.4) is 0 Å². The van der Waals surface area contributed by atoms with E-state index in [9.17, 15) is 0 Å². The second-order valence-electron chi connectivity index (χ2n) is 5.65. The smallest absolute Gasteiger partial charge is 0.0485 e. The molecule has 4 heteroatoms. The quantitative estimate of drug-likeness (QED) is 0.853. The lowest BCUT2D eigenvalue weighted by Crippen LogP contribution is -2.23. The summed E-state index contributed by atoms with van der Waals surface area (Å²) in [5, 5.41) is 5.00. The van der Waals surface area contributed by atoms with Gasteiger partial charge in [0.05, 0.1) is 0 Å². The minimum atomic E-state index is 0.501. The van der Waals surface area contributed by atoms with Crippen molar-refractivity contribution in [2.24, 2.45) is 0 Å². The van der Waals surface area contributed by atoms with Crippen LogP contribution < -0.4 is 5.32 Å². The van der Waals surface area contributed by atoms with E-state index in [2.05, 4.69) is 29.2 Å². The molecule has 1 N–H and O–H groups in total. The van der Waals surface area contributed by atoms with Crippen LogP contribution in [0.15, 0.2) is 30.6 Å². The fraction of sp³-hybridized carbons (Fsp3) is 0.412. The van der Waals surface area contributed by atoms with Crippen LogP contribution in [0.1, 0.15) is 42.5 Å². The number of hydrogen-bond acceptors (Lipinski definition) is 1. The van der Waals surface area contributed by atoms with Crippen LogP contribution in [0.5, 0.6) is 0 Å². The van der Waals surface area contributed by atoms with Crippen molar-refractivity contribution < 1.29 is 0 Å². The van der Waals surface area contributed by atoms with Crippen LogP contribution in [0.4, 0.5) is 0 Å². The predicted molar refractivity (Wildman–Crippen MR) is 89.4 cm³/mol. The second kappa shape index (κ2) is 6.43. The molecule has 1 aliphatic carbocycles. The van der Waals surface area contributed by atoms with Gasteiger partial charge in [0.15, 0.2) is 0 Å². The first kappa shape index (κ1) is 15.0. The fourth-order valence-electron chi connectivity index (χ4n) is 3.14. The molecule has 0 saturated carbocycles. The minimum absolute atomic E-state index is 0.501. The number of benzene rings is 1. The molecule has 0 saturated heterocycles. The van der Waals surface area contributed by atoms with Crippen LogP contribution in [-0.4, -0.2) is 11.1 Å². The number of nitrogens with one attached hydrogen (secondary N) is 1. The van der Waals surface area contributed by atoms with Gasteiger partial charge in [-0.3, -0.25) is 0 Å². The van der Waals surface area contributed by atoms with Crippen LogP contribution in [0.25, 0.3) is 0 Å². The molecule has 0 aliphatic heterocycles. The molecule has 1 aromatic heterocycles. The molecule has 1 unspecified atom stereocenters. The molecule has 0 amide bonds. The van der Waals surface area contributed by atoms with Crippen molar-refractivity contribution in [1.82, 2.24) is 9.88 Å². The summed E-state index contributed by atoms with van der Waals surface area (Å²) in [5.41, 5.74) is 4.03. The third-order valence-corrected chi connectivity index (χ3v) is 4.72. The molecule has 2 nitrogen and oxygen atoms in total. The average Bonchev–Trinajstić information content (AvgIpc) is 2.86. The van der Waals surface area contributed by atoms with Gasteiger partial charge in [-0.05, 0) is 54.6 Å². The van der Waals surface area contributed by atoms with Crippen LogP contribution in [-0.2, 0) is 13.0 Å². The first-order valence-corrected chi connectivity index (χ1v) is 8.29. The number of nitrogens with zero attached hydrogens (tertiary/aromatic N) is 1. The summed E-state index contributed by atoms with van der Waals surface area (Å²) in [4.78, 5) is 0. The fourth-order valence-corrected chi connectivity index (χ4v) is 3.61. The predicted octanol–water partition coefficient (Wildman–Crippen LogP) is 4.83. The zero-order valence-corrected chi connectivity index (χ0v) is 13.7. The largest absolute Gasteiger partial charge is 0.349 e. The van der Waals surface area contributed by atoms with Crippen molar-refractivity contribution in [3.63, 3.8) is 0 Å². The second-order valence-corrected chi connectivity index (χ2v) is 6.49. The molecule has 21 heavy (non-hydrogen) atoms. The first-order valence-electron chi connectivity index (χ1n) is 7.53. The third kappa shape index (κ3) is 3.28. The summed E-state index contributed by atoms with van der Waals surface area (Å²) in [5.74, 6) is 0. The van der Waals surface area contributed by atoms with Crippen molar-refractivity contribution in [2.75, 3.05) is 6.54 Å². The summed E-state index contributed by atoms with van der Waals surface area (Å²) in [6.07, 6.45) is 8.21. The summed E-state index contributed by atoms with van der Waals surface area (Å²) < 4.78 is 2.25. The molecule has 3 rings (SSSR count). The normalized spacial score (nSPS) is 17.8. The van der Waals surface area contributed by atoms with Gasteiger partial charge in [-0.25, -0.2) is 0 Å². The summed E-state index contributed by atoms with van der Waals surface area (Å²) in [6, 6.07) is 6.21. The van der Waals surface area contributed by atoms with Crippen molar-refractivity contribution in [3.05, 3.63) is 57.3 Å². The van der Waals surface area contributed by atoms with Gasteiger partial charge in [0.25, 0.3) is 0 Å². The zero-order chi connectivity index (χ0) is 14.8. The maximum Gasteiger partial charge on any atom is 0.0485 e. The van der Waals surface area contributed by atoms with Gasteiger partial charge in [-0.1, -0.05) is 36.2 Å². The Labute approximate surface area is 136 Å². The third-order valence-electron chi connectivity index (χ3n) is 4.13. The monoisotopic (exact) mass is 322 g/mol. The number of aryl methyl sites for hydroxylation is 1. The maximum atomic E-state index is 6.27. The Hall–Kier alpha value is -0.960. The van der Waals surface area contributed by atoms with E-state index < -0.39 is 0 Å². The number of halogens is 2. The standard InChI is InChI=1S/C17H20Cl2N2/c1-2-20-17-5-3-4-12-9-21(11-15(12)17)10-13-6-7-14(18)8-16(13)19/h6-9,11,17,20H,2-5,10H2,1H3. The molecule has 1 atom stereocenters. The maximum absolute atomic E-state index is 6.27. The van der Waals surface area contributed by atoms with Gasteiger partial charge in [0.2, 0.25) is 0 Å². The molecule has 0 radical (unpaired) electrons. The molecule has 0 spiro atoms. The summed E-state index contributed by atoms with van der Waals surface area (Å²) in [7, 11) is 0. The van der Waals surface area contributed by atoms with Crippen LogP contribution in [0, 0.1) is 0 Å². The Bertz CT molecular complexity index is 634. The molecule has 1 aliphatic rings. The molecular formula is C17H20Cl2N2. The van der Waals surface area contributed by atoms with Crippen LogP contribution >= 0.6 is 23.2 Å². The Kier molecular flexibility index (Phi) is 4.58. The Morgan fingerprint density at radius 1 is 1.29 bits per heavy atom. The molecule has 1 heterocycles. The highest BCUT2D eigenvalue weighted by Gasteiger charge is 2.21. The van der Waals surface area contributed by atoms with E-state index in [1.807, 2.05) is 18.2 Å². The van der Waals surface area contributed by atoms with E-state index in [0.29, 0.717) is 11.1 Å². The van der Waals surface area contributed by atoms with E-state index in [1.165, 1.54) is 30.4 Å². The lowest BCUT2D eigenvalue weighted by molar-refractivity contribution is 0.473. The highest BCUT2D eigenvalue weighted by molar-refractivity contribution is 6.35. The molecular weight excluding hydrogens is 303 g/mol. The average molecular weight is 323 g/mol. The van der Waals surface area contributed by atoms with Crippen molar-refractivity contribution >= 4 is 23.2 Å². The van der Waals surface area contributed by atoms with E-state index in [0.717, 1.165) is 23.7 Å². The summed E-state index contributed by atoms with van der Waals surface area (Å²) >= 11 is 12.2. The van der Waals surface area contributed by atoms with Crippen molar-refractivity contribution in [2.45, 2.75) is 38.8 Å². The molecule has 2 aromatic rings. The molecule has 0 fully saturated rings. The van der Waals surface area contributed by atoms with E-state index in [1.54, 1.807) is 0 Å². The summed E-state index contributed by atoms with van der Waals surface area (Å²) in [6.45, 7) is 3.97. The van der Waals surface area contributed by atoms with Gasteiger partial charge >= 0.3 is 0 Å². The number of rotatable bonds is 4. The van der Waals surface area contributed by atoms with E-state index >= 15 is 0 Å². The van der Waals surface area contributed by atoms with Gasteiger partial charge in [-0.2, -0.15) is 0 Å². The van der Waals surface area contributed by atoms with E-state index in [-0.39, 0.29) is 0 Å². The number of fused-ring (bicyclic) bond motifs is 1. The van der Waals surface area contributed by atoms with Gasteiger partial charge in [0.1, 0.15) is 0 Å². The van der Waals surface area contributed by atoms with Crippen molar-refractivity contribution in [1.29, 1.82) is 0 Å². The number of aromatic nitrogens is 1. The SMILES string of the molecule is CCNC1CCCc2cn(Cc3ccc(Cl)cc3Cl)cc21. The molecule has 112 valence electrons.